The van der Waals surface area contributed by atoms with Crippen molar-refractivity contribution in [3.05, 3.63) is 65.2 Å². The quantitative estimate of drug-likeness (QED) is 0.803. The fourth-order valence-electron chi connectivity index (χ4n) is 2.10. The molecule has 2 aromatic rings. The molecule has 1 unspecified atom stereocenters. The van der Waals surface area contributed by atoms with Gasteiger partial charge >= 0.3 is 0 Å². The smallest absolute Gasteiger partial charge is 0.159 e. The number of nitrogens with one attached hydrogen (secondary N) is 1. The fraction of sp³-hybridized carbons (Fsp3) is 0.294. The van der Waals surface area contributed by atoms with Crippen molar-refractivity contribution in [2.75, 3.05) is 12.8 Å². The minimum atomic E-state index is -0.797. The molecule has 0 saturated heterocycles. The van der Waals surface area contributed by atoms with Gasteiger partial charge in [0.1, 0.15) is 0 Å². The number of aryl methyl sites for hydroxylation is 1. The summed E-state index contributed by atoms with van der Waals surface area (Å²) in [4.78, 5) is 1.22. The summed E-state index contributed by atoms with van der Waals surface area (Å²) in [5.74, 6) is -0.707. The molecule has 1 atom stereocenters. The molecule has 0 fully saturated rings. The molecular weight excluding hydrogens is 288 g/mol. The van der Waals surface area contributed by atoms with Crippen LogP contribution >= 0.6 is 11.8 Å². The molecule has 0 aromatic heterocycles. The highest BCUT2D eigenvalue weighted by molar-refractivity contribution is 7.99. The minimum absolute atomic E-state index is 0.209. The molecule has 0 aliphatic rings. The summed E-state index contributed by atoms with van der Waals surface area (Å²) in [6.07, 6.45) is 0.673. The van der Waals surface area contributed by atoms with Gasteiger partial charge in [-0.15, -0.1) is 11.8 Å². The van der Waals surface area contributed by atoms with Crippen molar-refractivity contribution in [2.45, 2.75) is 24.3 Å². The molecule has 4 heteroatoms. The lowest BCUT2D eigenvalue weighted by Crippen LogP contribution is -2.30. The molecule has 0 radical (unpaired) electrons. The first-order chi connectivity index (χ1) is 10.1. The predicted octanol–water partition coefficient (Wildman–Crippen LogP) is 4.20. The number of rotatable bonds is 6. The number of hydrogen-bond acceptors (Lipinski definition) is 2. The Labute approximate surface area is 128 Å². The van der Waals surface area contributed by atoms with Crippen molar-refractivity contribution in [1.82, 2.24) is 5.32 Å². The van der Waals surface area contributed by atoms with E-state index in [4.69, 9.17) is 0 Å². The summed E-state index contributed by atoms with van der Waals surface area (Å²) in [5.41, 5.74) is 2.04. The van der Waals surface area contributed by atoms with Crippen LogP contribution in [0.5, 0.6) is 0 Å². The maximum atomic E-state index is 13.2. The predicted molar refractivity (Wildman–Crippen MR) is 84.8 cm³/mol. The molecule has 0 aliphatic heterocycles. The van der Waals surface area contributed by atoms with Crippen LogP contribution in [-0.4, -0.2) is 18.8 Å². The Balaban J connectivity index is 1.95. The van der Waals surface area contributed by atoms with Gasteiger partial charge in [-0.1, -0.05) is 23.8 Å². The van der Waals surface area contributed by atoms with Crippen molar-refractivity contribution in [2.24, 2.45) is 0 Å². The van der Waals surface area contributed by atoms with Crippen molar-refractivity contribution in [1.29, 1.82) is 0 Å². The summed E-state index contributed by atoms with van der Waals surface area (Å²) < 4.78 is 26.2. The lowest BCUT2D eigenvalue weighted by atomic mass is 10.1. The minimum Gasteiger partial charge on any atom is -0.316 e. The third kappa shape index (κ3) is 4.83. The zero-order chi connectivity index (χ0) is 15.2. The largest absolute Gasteiger partial charge is 0.316 e. The van der Waals surface area contributed by atoms with E-state index < -0.39 is 11.6 Å². The van der Waals surface area contributed by atoms with Crippen LogP contribution in [0.25, 0.3) is 0 Å². The van der Waals surface area contributed by atoms with E-state index in [9.17, 15) is 8.78 Å². The first kappa shape index (κ1) is 16.0. The third-order valence-electron chi connectivity index (χ3n) is 3.32. The van der Waals surface area contributed by atoms with Gasteiger partial charge in [-0.25, -0.2) is 8.78 Å². The summed E-state index contributed by atoms with van der Waals surface area (Å²) >= 11 is 1.76. The SMILES string of the molecule is CNC(CSc1cccc(C)c1)Cc1ccc(F)c(F)c1. The molecule has 0 heterocycles. The first-order valence-corrected chi connectivity index (χ1v) is 7.87. The molecule has 2 aromatic carbocycles. The van der Waals surface area contributed by atoms with Gasteiger partial charge in [0.05, 0.1) is 0 Å². The topological polar surface area (TPSA) is 12.0 Å². The van der Waals surface area contributed by atoms with Gasteiger partial charge in [0.15, 0.2) is 11.6 Å². The van der Waals surface area contributed by atoms with E-state index in [1.54, 1.807) is 17.8 Å². The highest BCUT2D eigenvalue weighted by Crippen LogP contribution is 2.21. The maximum absolute atomic E-state index is 13.2. The number of halogens is 2. The Kier molecular flexibility index (Phi) is 5.76. The van der Waals surface area contributed by atoms with Crippen LogP contribution in [0.4, 0.5) is 8.78 Å². The van der Waals surface area contributed by atoms with Crippen LogP contribution in [0.2, 0.25) is 0 Å². The Bertz CT molecular complexity index is 601. The van der Waals surface area contributed by atoms with Gasteiger partial charge in [-0.05, 0) is 50.2 Å². The molecule has 2 rings (SSSR count). The number of hydrogen-bond donors (Lipinski definition) is 1. The summed E-state index contributed by atoms with van der Waals surface area (Å²) in [6.45, 7) is 2.07. The second-order valence-electron chi connectivity index (χ2n) is 5.07. The van der Waals surface area contributed by atoms with Crippen LogP contribution < -0.4 is 5.32 Å². The Morgan fingerprint density at radius 2 is 1.90 bits per heavy atom. The van der Waals surface area contributed by atoms with E-state index in [0.717, 1.165) is 11.3 Å². The van der Waals surface area contributed by atoms with Crippen LogP contribution in [0.15, 0.2) is 47.4 Å². The number of likely N-dealkylation sites (N-methyl/N-ethyl adjacent to an activating group) is 1. The second-order valence-corrected chi connectivity index (χ2v) is 6.16. The van der Waals surface area contributed by atoms with Crippen LogP contribution in [-0.2, 0) is 6.42 Å². The standard InChI is InChI=1S/C17H19F2NS/c1-12-4-3-5-15(8-12)21-11-14(20-2)9-13-6-7-16(18)17(19)10-13/h3-8,10,14,20H,9,11H2,1-2H3. The average molecular weight is 307 g/mol. The molecule has 0 amide bonds. The second kappa shape index (κ2) is 7.57. The molecule has 21 heavy (non-hydrogen) atoms. The fourth-order valence-corrected chi connectivity index (χ4v) is 3.22. The average Bonchev–Trinajstić information content (AvgIpc) is 2.47. The van der Waals surface area contributed by atoms with Crippen molar-refractivity contribution in [3.8, 4) is 0 Å². The molecule has 112 valence electrons. The monoisotopic (exact) mass is 307 g/mol. The Morgan fingerprint density at radius 3 is 2.57 bits per heavy atom. The van der Waals surface area contributed by atoms with Crippen LogP contribution in [0, 0.1) is 18.6 Å². The molecule has 1 N–H and O–H groups in total. The van der Waals surface area contributed by atoms with Crippen molar-refractivity contribution < 1.29 is 8.78 Å². The van der Waals surface area contributed by atoms with E-state index in [1.807, 2.05) is 13.1 Å². The first-order valence-electron chi connectivity index (χ1n) is 6.89. The normalized spacial score (nSPS) is 12.4. The molecular formula is C17H19F2NS. The van der Waals surface area contributed by atoms with E-state index in [0.29, 0.717) is 6.42 Å². The van der Waals surface area contributed by atoms with Crippen LogP contribution in [0.1, 0.15) is 11.1 Å². The summed E-state index contributed by atoms with van der Waals surface area (Å²) in [6, 6.07) is 12.7. The van der Waals surface area contributed by atoms with Gasteiger partial charge in [0.2, 0.25) is 0 Å². The molecule has 1 nitrogen and oxygen atoms in total. The summed E-state index contributed by atoms with van der Waals surface area (Å²) in [7, 11) is 1.89. The zero-order valence-electron chi connectivity index (χ0n) is 12.2. The van der Waals surface area contributed by atoms with Crippen molar-refractivity contribution >= 4 is 11.8 Å². The maximum Gasteiger partial charge on any atom is 0.159 e. The van der Waals surface area contributed by atoms with E-state index in [1.165, 1.54) is 22.6 Å². The van der Waals surface area contributed by atoms with Gasteiger partial charge in [-0.3, -0.25) is 0 Å². The third-order valence-corrected chi connectivity index (χ3v) is 4.47. The Hall–Kier alpha value is -1.39. The van der Waals surface area contributed by atoms with Crippen LogP contribution in [0.3, 0.4) is 0 Å². The number of thioether (sulfide) groups is 1. The van der Waals surface area contributed by atoms with E-state index in [-0.39, 0.29) is 6.04 Å². The Morgan fingerprint density at radius 1 is 1.10 bits per heavy atom. The molecule has 0 bridgehead atoms. The lowest BCUT2D eigenvalue weighted by molar-refractivity contribution is 0.505. The van der Waals surface area contributed by atoms with Gasteiger partial charge in [0.25, 0.3) is 0 Å². The van der Waals surface area contributed by atoms with E-state index in [2.05, 4.69) is 30.4 Å². The molecule has 0 aliphatic carbocycles. The highest BCUT2D eigenvalue weighted by atomic mass is 32.2. The van der Waals surface area contributed by atoms with E-state index >= 15 is 0 Å². The lowest BCUT2D eigenvalue weighted by Gasteiger charge is -2.16. The molecule has 0 saturated carbocycles. The zero-order valence-corrected chi connectivity index (χ0v) is 13.0. The van der Waals surface area contributed by atoms with Gasteiger partial charge in [-0.2, -0.15) is 0 Å². The molecule has 0 spiro atoms. The van der Waals surface area contributed by atoms with Gasteiger partial charge < -0.3 is 5.32 Å². The summed E-state index contributed by atoms with van der Waals surface area (Å²) in [5, 5.41) is 3.23. The van der Waals surface area contributed by atoms with Gasteiger partial charge in [0, 0.05) is 16.7 Å². The number of benzene rings is 2. The highest BCUT2D eigenvalue weighted by Gasteiger charge is 2.10. The van der Waals surface area contributed by atoms with Crippen molar-refractivity contribution in [3.63, 3.8) is 0 Å².